The van der Waals surface area contributed by atoms with E-state index >= 15 is 0 Å². The zero-order valence-electron chi connectivity index (χ0n) is 19.2. The van der Waals surface area contributed by atoms with Gasteiger partial charge in [0, 0.05) is 24.0 Å². The Morgan fingerprint density at radius 1 is 1.26 bits per heavy atom. The van der Waals surface area contributed by atoms with Crippen LogP contribution in [0.15, 0.2) is 42.7 Å². The van der Waals surface area contributed by atoms with Crippen molar-refractivity contribution in [3.63, 3.8) is 0 Å². The van der Waals surface area contributed by atoms with E-state index in [-0.39, 0.29) is 23.3 Å². The Morgan fingerprint density at radius 2 is 2.03 bits per heavy atom. The Hall–Kier alpha value is -3.17. The number of carbonyl (C=O) groups excluding carboxylic acids is 2. The lowest BCUT2D eigenvalue weighted by Crippen LogP contribution is -2.70. The van der Waals surface area contributed by atoms with Gasteiger partial charge in [0.1, 0.15) is 22.9 Å². The average molecular weight is 501 g/mol. The largest absolute Gasteiger partial charge is 0.484 e. The van der Waals surface area contributed by atoms with Crippen LogP contribution in [0.3, 0.4) is 0 Å². The molecule has 1 atom stereocenters. The van der Waals surface area contributed by atoms with Crippen LogP contribution >= 0.6 is 11.6 Å². The molecule has 184 valence electrons. The molecule has 2 bridgehead atoms. The number of aliphatic hydroxyl groups excluding tert-OH is 1. The van der Waals surface area contributed by atoms with Gasteiger partial charge >= 0.3 is 0 Å². The fourth-order valence-corrected chi connectivity index (χ4v) is 5.38. The lowest BCUT2D eigenvalue weighted by atomic mass is 9.60. The van der Waals surface area contributed by atoms with Crippen molar-refractivity contribution in [2.45, 2.75) is 56.2 Å². The third-order valence-corrected chi connectivity index (χ3v) is 7.57. The Labute approximate surface area is 206 Å². The number of carbonyl (C=O) groups is 2. The van der Waals surface area contributed by atoms with Gasteiger partial charge in [-0.1, -0.05) is 17.7 Å². The molecule has 3 saturated carbocycles. The number of aliphatic hydroxyl groups is 1. The number of amides is 2. The van der Waals surface area contributed by atoms with Crippen LogP contribution in [0.25, 0.3) is 5.65 Å². The van der Waals surface area contributed by atoms with Crippen molar-refractivity contribution in [1.82, 2.24) is 20.0 Å². The van der Waals surface area contributed by atoms with Gasteiger partial charge in [-0.3, -0.25) is 9.59 Å². The number of hydrogen-bond donors (Lipinski definition) is 3. The Balaban J connectivity index is 1.20. The topological polar surface area (TPSA) is 105 Å². The van der Waals surface area contributed by atoms with Gasteiger partial charge in [0.25, 0.3) is 11.8 Å². The normalized spacial score (nSPS) is 25.4. The highest BCUT2D eigenvalue weighted by atomic mass is 35.5. The van der Waals surface area contributed by atoms with E-state index in [9.17, 15) is 19.1 Å². The van der Waals surface area contributed by atoms with Gasteiger partial charge < -0.3 is 24.9 Å². The summed E-state index contributed by atoms with van der Waals surface area (Å²) in [6.45, 7) is 1.62. The second kappa shape index (κ2) is 8.80. The first-order valence-corrected chi connectivity index (χ1v) is 11.9. The van der Waals surface area contributed by atoms with Crippen molar-refractivity contribution in [1.29, 1.82) is 0 Å². The zero-order valence-corrected chi connectivity index (χ0v) is 19.9. The molecule has 3 N–H and O–H groups in total. The van der Waals surface area contributed by atoms with E-state index in [0.29, 0.717) is 37.8 Å². The number of pyridine rings is 1. The number of aromatic nitrogens is 2. The fraction of sp³-hybridized carbons (Fsp3) is 0.400. The number of halogens is 2. The second-order valence-corrected chi connectivity index (χ2v) is 9.98. The first-order valence-electron chi connectivity index (χ1n) is 11.5. The van der Waals surface area contributed by atoms with E-state index in [1.165, 1.54) is 12.1 Å². The molecule has 1 aromatic carbocycles. The molecular formula is C25H26ClFN4O4. The molecule has 0 radical (unpaired) electrons. The Morgan fingerprint density at radius 3 is 2.71 bits per heavy atom. The van der Waals surface area contributed by atoms with Gasteiger partial charge in [-0.05, 0) is 62.8 Å². The average Bonchev–Trinajstić information content (AvgIpc) is 3.27. The maximum Gasteiger partial charge on any atom is 0.271 e. The molecule has 2 amide bonds. The summed E-state index contributed by atoms with van der Waals surface area (Å²) in [5.41, 5.74) is 0.701. The lowest BCUT2D eigenvalue weighted by molar-refractivity contribution is -0.132. The lowest BCUT2D eigenvalue weighted by Gasteiger charge is -2.56. The highest BCUT2D eigenvalue weighted by molar-refractivity contribution is 6.30. The number of nitrogens with zero attached hydrogens (tertiary/aromatic N) is 2. The van der Waals surface area contributed by atoms with Crippen LogP contribution in [0.1, 0.15) is 48.2 Å². The van der Waals surface area contributed by atoms with Crippen LogP contribution < -0.4 is 15.4 Å². The van der Waals surface area contributed by atoms with Gasteiger partial charge in [-0.2, -0.15) is 0 Å². The van der Waals surface area contributed by atoms with Crippen LogP contribution in [0.2, 0.25) is 5.02 Å². The van der Waals surface area contributed by atoms with Gasteiger partial charge in [0.2, 0.25) is 0 Å². The van der Waals surface area contributed by atoms with Crippen molar-refractivity contribution in [2.24, 2.45) is 0 Å². The maximum atomic E-state index is 13.6. The molecule has 0 saturated heterocycles. The molecular weight excluding hydrogens is 475 g/mol. The van der Waals surface area contributed by atoms with Gasteiger partial charge in [0.15, 0.2) is 6.61 Å². The Kier molecular flexibility index (Phi) is 5.93. The smallest absolute Gasteiger partial charge is 0.271 e. The minimum absolute atomic E-state index is 0.0277. The molecule has 3 fully saturated rings. The van der Waals surface area contributed by atoms with E-state index < -0.39 is 28.9 Å². The molecule has 3 aliphatic carbocycles. The minimum Gasteiger partial charge on any atom is -0.484 e. The molecule has 8 nitrogen and oxygen atoms in total. The van der Waals surface area contributed by atoms with Crippen molar-refractivity contribution in [3.8, 4) is 5.75 Å². The number of hydrogen-bond acceptors (Lipinski definition) is 5. The SMILES string of the molecule is Cc1cccn2cc(C(=O)NC34CCC(NC(=O)COc5ccc(Cl)c(F)c5)(CC3)C(O)C4)nc12. The predicted octanol–water partition coefficient (Wildman–Crippen LogP) is 3.18. The molecule has 0 aliphatic heterocycles. The van der Waals surface area contributed by atoms with Gasteiger partial charge in [-0.15, -0.1) is 0 Å². The monoisotopic (exact) mass is 500 g/mol. The highest BCUT2D eigenvalue weighted by Crippen LogP contribution is 2.47. The fourth-order valence-electron chi connectivity index (χ4n) is 5.26. The summed E-state index contributed by atoms with van der Waals surface area (Å²) in [5, 5.41) is 17.0. The number of aryl methyl sites for hydroxylation is 1. The van der Waals surface area contributed by atoms with Crippen LogP contribution in [0, 0.1) is 12.7 Å². The predicted molar refractivity (Wildman–Crippen MR) is 127 cm³/mol. The van der Waals surface area contributed by atoms with Crippen molar-refractivity contribution >= 4 is 29.1 Å². The minimum atomic E-state index is -0.828. The van der Waals surface area contributed by atoms with E-state index in [4.69, 9.17) is 16.3 Å². The second-order valence-electron chi connectivity index (χ2n) is 9.57. The van der Waals surface area contributed by atoms with Crippen LogP contribution in [-0.2, 0) is 4.79 Å². The molecule has 6 rings (SSSR count). The summed E-state index contributed by atoms with van der Waals surface area (Å²) in [6.07, 6.45) is 5.31. The number of rotatable bonds is 6. The maximum absolute atomic E-state index is 13.6. The highest BCUT2D eigenvalue weighted by Gasteiger charge is 2.55. The number of imidazole rings is 1. The van der Waals surface area contributed by atoms with Gasteiger partial charge in [0.05, 0.1) is 16.7 Å². The summed E-state index contributed by atoms with van der Waals surface area (Å²) in [4.78, 5) is 30.1. The van der Waals surface area contributed by atoms with E-state index in [2.05, 4.69) is 15.6 Å². The summed E-state index contributed by atoms with van der Waals surface area (Å²) < 4.78 is 20.8. The van der Waals surface area contributed by atoms with E-state index in [1.807, 2.05) is 29.7 Å². The van der Waals surface area contributed by atoms with Crippen LogP contribution in [0.4, 0.5) is 4.39 Å². The van der Waals surface area contributed by atoms with E-state index in [1.54, 1.807) is 6.20 Å². The standard InChI is InChI=1S/C25H26ClFN4O4/c1-15-3-2-10-31-13-19(28-22(15)31)23(34)30-24-6-8-25(9-7-24,20(32)12-24)29-21(33)14-35-16-4-5-17(26)18(27)11-16/h2-5,10-11,13,20,32H,6-9,12,14H2,1H3,(H,29,33)(H,30,34). The number of benzene rings is 1. The van der Waals surface area contributed by atoms with Crippen LogP contribution in [0.5, 0.6) is 5.75 Å². The third kappa shape index (κ3) is 4.46. The number of nitrogens with one attached hydrogen (secondary N) is 2. The first-order chi connectivity index (χ1) is 16.7. The number of fused-ring (bicyclic) bond motifs is 4. The Bertz CT molecular complexity index is 1300. The summed E-state index contributed by atoms with van der Waals surface area (Å²) in [7, 11) is 0. The van der Waals surface area contributed by atoms with Crippen LogP contribution in [-0.4, -0.2) is 50.1 Å². The first kappa shape index (κ1) is 23.6. The molecule has 35 heavy (non-hydrogen) atoms. The van der Waals surface area contributed by atoms with Gasteiger partial charge in [-0.25, -0.2) is 9.37 Å². The molecule has 0 spiro atoms. The quantitative estimate of drug-likeness (QED) is 0.482. The summed E-state index contributed by atoms with van der Waals surface area (Å²) >= 11 is 5.66. The zero-order chi connectivity index (χ0) is 24.8. The van der Waals surface area contributed by atoms with Crippen molar-refractivity contribution in [2.75, 3.05) is 6.61 Å². The molecule has 2 aromatic heterocycles. The molecule has 1 unspecified atom stereocenters. The summed E-state index contributed by atoms with van der Waals surface area (Å²) in [6, 6.07) is 7.79. The molecule has 3 aromatic rings. The van der Waals surface area contributed by atoms with Crippen molar-refractivity contribution in [3.05, 3.63) is 64.8 Å². The molecule has 3 aliphatic rings. The molecule has 2 heterocycles. The van der Waals surface area contributed by atoms with E-state index in [0.717, 1.165) is 17.3 Å². The third-order valence-electron chi connectivity index (χ3n) is 7.26. The number of ether oxygens (including phenoxy) is 1. The summed E-state index contributed by atoms with van der Waals surface area (Å²) in [5.74, 6) is -1.12. The van der Waals surface area contributed by atoms with Crippen molar-refractivity contribution < 1.29 is 23.8 Å². The molecule has 10 heteroatoms.